The van der Waals surface area contributed by atoms with Gasteiger partial charge in [-0.2, -0.15) is 9.90 Å². The van der Waals surface area contributed by atoms with Crippen molar-refractivity contribution in [3.8, 4) is 5.69 Å². The van der Waals surface area contributed by atoms with Gasteiger partial charge in [0.2, 0.25) is 0 Å². The maximum Gasteiger partial charge on any atom is 0.171 e. The highest BCUT2D eigenvalue weighted by Crippen LogP contribution is 2.64. The molecule has 0 aliphatic heterocycles. The lowest BCUT2D eigenvalue weighted by Crippen LogP contribution is -2.59. The Morgan fingerprint density at radius 2 is 1.79 bits per heavy atom. The largest absolute Gasteiger partial charge is 0.216 e. The van der Waals surface area contributed by atoms with Crippen LogP contribution in [-0.2, 0) is 11.0 Å². The molecule has 4 aliphatic carbocycles. The molecule has 4 heterocycles. The van der Waals surface area contributed by atoms with E-state index in [1.807, 2.05) is 57.4 Å². The lowest BCUT2D eigenvalue weighted by Gasteiger charge is -2.60. The lowest BCUT2D eigenvalue weighted by atomic mass is 9.46. The van der Waals surface area contributed by atoms with Crippen molar-refractivity contribution in [2.24, 2.45) is 11.8 Å². The molecule has 1 aromatic carbocycles. The van der Waals surface area contributed by atoms with Gasteiger partial charge in [0, 0.05) is 5.41 Å². The molecule has 5 aromatic rings. The Kier molecular flexibility index (Phi) is 3.44. The van der Waals surface area contributed by atoms with Crippen LogP contribution in [0.3, 0.4) is 0 Å². The van der Waals surface area contributed by atoms with Crippen LogP contribution >= 0.6 is 0 Å². The van der Waals surface area contributed by atoms with Crippen LogP contribution < -0.4 is 0 Å². The zero-order valence-corrected chi connectivity index (χ0v) is 18.9. The van der Waals surface area contributed by atoms with Crippen LogP contribution in [-0.4, -0.2) is 49.6 Å². The van der Waals surface area contributed by atoms with Gasteiger partial charge in [-0.25, -0.2) is 19.2 Å². The summed E-state index contributed by atoms with van der Waals surface area (Å²) < 4.78 is 3.69. The molecule has 0 saturated heterocycles. The number of hydrogen-bond donors (Lipinski definition) is 0. The lowest BCUT2D eigenvalue weighted by molar-refractivity contribution is -0.0785. The second-order valence-corrected chi connectivity index (χ2v) is 10.7. The summed E-state index contributed by atoms with van der Waals surface area (Å²) in [5, 5.41) is 23.9. The summed E-state index contributed by atoms with van der Waals surface area (Å²) in [5.41, 5.74) is 2.46. The molecule has 10 heteroatoms. The molecule has 4 fully saturated rings. The Morgan fingerprint density at radius 3 is 2.56 bits per heavy atom. The molecule has 0 radical (unpaired) electrons. The average Bonchev–Trinajstić information content (AvgIpc) is 3.56. The third-order valence-corrected chi connectivity index (χ3v) is 8.35. The molecular formula is C24H24N10. The fourth-order valence-electron chi connectivity index (χ4n) is 7.50. The Morgan fingerprint density at radius 1 is 0.971 bits per heavy atom. The summed E-state index contributed by atoms with van der Waals surface area (Å²) in [6.07, 6.45) is 10.4. The fourth-order valence-corrected chi connectivity index (χ4v) is 7.50. The van der Waals surface area contributed by atoms with Crippen LogP contribution in [0, 0.1) is 18.8 Å². The number of aromatic nitrogens is 10. The zero-order chi connectivity index (χ0) is 22.5. The third-order valence-electron chi connectivity index (χ3n) is 8.35. The molecule has 10 nitrogen and oxygen atoms in total. The molecule has 4 saturated carbocycles. The van der Waals surface area contributed by atoms with Crippen molar-refractivity contribution in [2.75, 3.05) is 0 Å². The summed E-state index contributed by atoms with van der Waals surface area (Å²) in [6.45, 7) is 1.91. The maximum absolute atomic E-state index is 5.16. The first-order valence-electron chi connectivity index (χ1n) is 12.0. The number of fused-ring (bicyclic) bond motifs is 3. The van der Waals surface area contributed by atoms with E-state index in [0.717, 1.165) is 66.1 Å². The van der Waals surface area contributed by atoms with Crippen molar-refractivity contribution in [2.45, 2.75) is 56.4 Å². The van der Waals surface area contributed by atoms with Crippen molar-refractivity contribution < 1.29 is 0 Å². The number of para-hydroxylation sites is 1. The second kappa shape index (κ2) is 6.25. The van der Waals surface area contributed by atoms with E-state index in [2.05, 4.69) is 20.5 Å². The van der Waals surface area contributed by atoms with Crippen LogP contribution in [0.15, 0.2) is 42.9 Å². The molecule has 4 aliphatic rings. The SMILES string of the molecule is Cc1nnn(C23CC4CC(CC(c5nc6c7cnn(-c8ccccc8)c7ncn6n5)(C4)C2)C3)n1. The molecule has 170 valence electrons. The van der Waals surface area contributed by atoms with Crippen LogP contribution in [0.25, 0.3) is 22.4 Å². The number of benzene rings is 1. The van der Waals surface area contributed by atoms with Gasteiger partial charge >= 0.3 is 0 Å². The van der Waals surface area contributed by atoms with Gasteiger partial charge in [-0.05, 0) is 74.6 Å². The van der Waals surface area contributed by atoms with Gasteiger partial charge in [0.15, 0.2) is 22.9 Å². The van der Waals surface area contributed by atoms with E-state index in [4.69, 9.17) is 15.1 Å². The number of nitrogens with zero attached hydrogens (tertiary/aromatic N) is 10. The van der Waals surface area contributed by atoms with E-state index in [0.29, 0.717) is 11.8 Å². The fraction of sp³-hybridized carbons (Fsp3) is 0.458. The minimum absolute atomic E-state index is 0.0562. The normalized spacial score (nSPS) is 30.0. The minimum Gasteiger partial charge on any atom is -0.216 e. The van der Waals surface area contributed by atoms with E-state index in [1.165, 1.54) is 6.42 Å². The third kappa shape index (κ3) is 2.43. The minimum atomic E-state index is -0.0748. The Balaban J connectivity index is 1.26. The molecule has 0 amide bonds. The molecular weight excluding hydrogens is 428 g/mol. The van der Waals surface area contributed by atoms with E-state index in [-0.39, 0.29) is 11.0 Å². The predicted octanol–water partition coefficient (Wildman–Crippen LogP) is 3.01. The standard InChI is InChI=1S/C24H24N10/c1-15-28-31-34(29-15)24-10-16-7-17(11-24)9-23(8-16,13-24)22-27-21-19-12-26-33(18-5-3-2-4-6-18)20(19)25-14-32(21)30-22/h2-6,12,14,16-17H,7-11,13H2,1H3. The van der Waals surface area contributed by atoms with Gasteiger partial charge in [0.1, 0.15) is 6.33 Å². The van der Waals surface area contributed by atoms with Gasteiger partial charge in [0.05, 0.1) is 22.8 Å². The van der Waals surface area contributed by atoms with Crippen LogP contribution in [0.5, 0.6) is 0 Å². The highest BCUT2D eigenvalue weighted by Gasteiger charge is 2.61. The first-order valence-corrected chi connectivity index (χ1v) is 12.0. The number of hydrogen-bond acceptors (Lipinski definition) is 7. The summed E-state index contributed by atoms with van der Waals surface area (Å²) in [4.78, 5) is 11.8. The smallest absolute Gasteiger partial charge is 0.171 e. The van der Waals surface area contributed by atoms with Gasteiger partial charge in [0.25, 0.3) is 0 Å². The molecule has 4 aromatic heterocycles. The topological polar surface area (TPSA) is 104 Å². The zero-order valence-electron chi connectivity index (χ0n) is 18.9. The molecule has 2 atom stereocenters. The second-order valence-electron chi connectivity index (χ2n) is 10.7. The Hall–Kier alpha value is -3.69. The number of aryl methyl sites for hydroxylation is 1. The highest BCUT2D eigenvalue weighted by atomic mass is 15.6. The van der Waals surface area contributed by atoms with Gasteiger partial charge in [-0.15, -0.1) is 15.3 Å². The molecule has 0 spiro atoms. The van der Waals surface area contributed by atoms with Crippen molar-refractivity contribution in [3.05, 3.63) is 54.5 Å². The molecule has 0 N–H and O–H groups in total. The summed E-state index contributed by atoms with van der Waals surface area (Å²) in [5.74, 6) is 2.97. The summed E-state index contributed by atoms with van der Waals surface area (Å²) in [6, 6.07) is 10.1. The van der Waals surface area contributed by atoms with Gasteiger partial charge < -0.3 is 0 Å². The van der Waals surface area contributed by atoms with E-state index >= 15 is 0 Å². The summed E-state index contributed by atoms with van der Waals surface area (Å²) in [7, 11) is 0. The van der Waals surface area contributed by atoms with Gasteiger partial charge in [-0.1, -0.05) is 18.2 Å². The van der Waals surface area contributed by atoms with Crippen LogP contribution in [0.1, 0.15) is 50.2 Å². The van der Waals surface area contributed by atoms with E-state index in [1.54, 1.807) is 6.33 Å². The van der Waals surface area contributed by atoms with Gasteiger partial charge in [-0.3, -0.25) is 0 Å². The monoisotopic (exact) mass is 452 g/mol. The highest BCUT2D eigenvalue weighted by molar-refractivity contribution is 5.89. The van der Waals surface area contributed by atoms with Crippen molar-refractivity contribution >= 4 is 16.7 Å². The summed E-state index contributed by atoms with van der Waals surface area (Å²) >= 11 is 0. The molecule has 2 unspecified atom stereocenters. The van der Waals surface area contributed by atoms with Crippen molar-refractivity contribution in [1.82, 2.24) is 49.6 Å². The first kappa shape index (κ1) is 18.7. The number of rotatable bonds is 3. The van der Waals surface area contributed by atoms with Crippen LogP contribution in [0.4, 0.5) is 0 Å². The quantitative estimate of drug-likeness (QED) is 0.414. The maximum atomic E-state index is 5.16. The Bertz CT molecular complexity index is 1550. The predicted molar refractivity (Wildman–Crippen MR) is 122 cm³/mol. The molecule has 9 rings (SSSR count). The average molecular weight is 453 g/mol. The van der Waals surface area contributed by atoms with Crippen molar-refractivity contribution in [3.63, 3.8) is 0 Å². The van der Waals surface area contributed by atoms with E-state index in [9.17, 15) is 0 Å². The molecule has 4 bridgehead atoms. The van der Waals surface area contributed by atoms with E-state index < -0.39 is 0 Å². The molecule has 34 heavy (non-hydrogen) atoms. The first-order chi connectivity index (χ1) is 16.6. The van der Waals surface area contributed by atoms with Crippen molar-refractivity contribution in [1.29, 1.82) is 0 Å². The number of tetrazole rings is 1. The van der Waals surface area contributed by atoms with Crippen LogP contribution in [0.2, 0.25) is 0 Å². The Labute approximate surface area is 195 Å².